The Morgan fingerprint density at radius 1 is 1.12 bits per heavy atom. The van der Waals surface area contributed by atoms with Crippen molar-refractivity contribution in [2.24, 2.45) is 0 Å². The van der Waals surface area contributed by atoms with Gasteiger partial charge in [-0.15, -0.1) is 0 Å². The molecule has 0 aliphatic carbocycles. The molecule has 1 saturated heterocycles. The van der Waals surface area contributed by atoms with Crippen LogP contribution >= 0.6 is 15.9 Å². The SMILES string of the molecule is Cc1cc(C)nc(N2CCC(NC(=O)Nc3ccc(Br)cc3)CC2)n1. The lowest BCUT2D eigenvalue weighted by atomic mass is 10.1. The predicted molar refractivity (Wildman–Crippen MR) is 103 cm³/mol. The largest absolute Gasteiger partial charge is 0.341 e. The summed E-state index contributed by atoms with van der Waals surface area (Å²) in [6.07, 6.45) is 1.76. The minimum atomic E-state index is -0.163. The van der Waals surface area contributed by atoms with Gasteiger partial charge in [0, 0.05) is 40.7 Å². The Morgan fingerprint density at radius 2 is 1.72 bits per heavy atom. The quantitative estimate of drug-likeness (QED) is 0.820. The number of aryl methyl sites for hydroxylation is 2. The molecule has 1 fully saturated rings. The summed E-state index contributed by atoms with van der Waals surface area (Å²) in [5.41, 5.74) is 2.75. The van der Waals surface area contributed by atoms with E-state index in [1.54, 1.807) is 0 Å². The first-order chi connectivity index (χ1) is 12.0. The molecule has 132 valence electrons. The molecular weight excluding hydrogens is 382 g/mol. The van der Waals surface area contributed by atoms with Crippen molar-refractivity contribution in [3.8, 4) is 0 Å². The van der Waals surface area contributed by atoms with Gasteiger partial charge in [-0.2, -0.15) is 0 Å². The van der Waals surface area contributed by atoms with E-state index < -0.39 is 0 Å². The van der Waals surface area contributed by atoms with Gasteiger partial charge in [0.15, 0.2) is 0 Å². The summed E-state index contributed by atoms with van der Waals surface area (Å²) in [5.74, 6) is 0.787. The van der Waals surface area contributed by atoms with Crippen molar-refractivity contribution in [2.45, 2.75) is 32.7 Å². The molecule has 1 aromatic heterocycles. The number of hydrogen-bond donors (Lipinski definition) is 2. The molecule has 0 radical (unpaired) electrons. The maximum absolute atomic E-state index is 12.1. The number of amides is 2. The predicted octanol–water partition coefficient (Wildman–Crippen LogP) is 3.65. The van der Waals surface area contributed by atoms with Crippen LogP contribution in [0.15, 0.2) is 34.8 Å². The Morgan fingerprint density at radius 3 is 2.32 bits per heavy atom. The van der Waals surface area contributed by atoms with Gasteiger partial charge in [-0.05, 0) is 57.0 Å². The molecule has 0 bridgehead atoms. The van der Waals surface area contributed by atoms with E-state index in [0.29, 0.717) is 0 Å². The highest BCUT2D eigenvalue weighted by Gasteiger charge is 2.22. The van der Waals surface area contributed by atoms with Crippen LogP contribution < -0.4 is 15.5 Å². The lowest BCUT2D eigenvalue weighted by Crippen LogP contribution is -2.46. The molecule has 0 unspecified atom stereocenters. The van der Waals surface area contributed by atoms with E-state index in [-0.39, 0.29) is 12.1 Å². The Kier molecular flexibility index (Phi) is 5.53. The summed E-state index contributed by atoms with van der Waals surface area (Å²) in [4.78, 5) is 23.4. The van der Waals surface area contributed by atoms with Crippen molar-refractivity contribution < 1.29 is 4.79 Å². The molecule has 6 nitrogen and oxygen atoms in total. The normalized spacial score (nSPS) is 15.1. The van der Waals surface area contributed by atoms with Crippen molar-refractivity contribution in [3.63, 3.8) is 0 Å². The van der Waals surface area contributed by atoms with Crippen molar-refractivity contribution in [1.29, 1.82) is 0 Å². The number of urea groups is 1. The minimum Gasteiger partial charge on any atom is -0.341 e. The number of carbonyl (C=O) groups excluding carboxylic acids is 1. The minimum absolute atomic E-state index is 0.163. The summed E-state index contributed by atoms with van der Waals surface area (Å²) in [6.45, 7) is 5.65. The second-order valence-electron chi connectivity index (χ2n) is 6.32. The Balaban J connectivity index is 1.50. The number of hydrogen-bond acceptors (Lipinski definition) is 4. The number of aromatic nitrogens is 2. The zero-order valence-corrected chi connectivity index (χ0v) is 16.0. The third-order valence-corrected chi connectivity index (χ3v) is 4.71. The van der Waals surface area contributed by atoms with Gasteiger partial charge < -0.3 is 15.5 Å². The molecule has 2 N–H and O–H groups in total. The van der Waals surface area contributed by atoms with Crippen LogP contribution in [-0.2, 0) is 0 Å². The summed E-state index contributed by atoms with van der Waals surface area (Å²) in [5, 5.41) is 5.91. The first-order valence-corrected chi connectivity index (χ1v) is 9.19. The molecular formula is C18H22BrN5O. The Bertz CT molecular complexity index is 721. The van der Waals surface area contributed by atoms with Gasteiger partial charge in [-0.3, -0.25) is 0 Å². The average Bonchev–Trinajstić information content (AvgIpc) is 2.57. The first-order valence-electron chi connectivity index (χ1n) is 8.40. The fraction of sp³-hybridized carbons (Fsp3) is 0.389. The molecule has 7 heteroatoms. The fourth-order valence-corrected chi connectivity index (χ4v) is 3.22. The Labute approximate surface area is 156 Å². The van der Waals surface area contributed by atoms with Crippen LogP contribution in [0.2, 0.25) is 0 Å². The lowest BCUT2D eigenvalue weighted by molar-refractivity contribution is 0.246. The number of nitrogens with one attached hydrogen (secondary N) is 2. The highest BCUT2D eigenvalue weighted by Crippen LogP contribution is 2.18. The van der Waals surface area contributed by atoms with E-state index in [9.17, 15) is 4.79 Å². The monoisotopic (exact) mass is 403 g/mol. The van der Waals surface area contributed by atoms with E-state index in [1.807, 2.05) is 44.2 Å². The molecule has 2 heterocycles. The smallest absolute Gasteiger partial charge is 0.319 e. The molecule has 0 spiro atoms. The maximum Gasteiger partial charge on any atom is 0.319 e. The van der Waals surface area contributed by atoms with E-state index in [4.69, 9.17) is 0 Å². The molecule has 1 aromatic carbocycles. The topological polar surface area (TPSA) is 70.2 Å². The van der Waals surface area contributed by atoms with Crippen molar-refractivity contribution in [1.82, 2.24) is 15.3 Å². The zero-order valence-electron chi connectivity index (χ0n) is 14.4. The molecule has 1 aliphatic heterocycles. The highest BCUT2D eigenvalue weighted by molar-refractivity contribution is 9.10. The third-order valence-electron chi connectivity index (χ3n) is 4.19. The van der Waals surface area contributed by atoms with Gasteiger partial charge in [-0.25, -0.2) is 14.8 Å². The number of rotatable bonds is 3. The van der Waals surface area contributed by atoms with Gasteiger partial charge in [0.1, 0.15) is 0 Å². The lowest BCUT2D eigenvalue weighted by Gasteiger charge is -2.32. The summed E-state index contributed by atoms with van der Waals surface area (Å²) < 4.78 is 0.986. The van der Waals surface area contributed by atoms with Crippen molar-refractivity contribution in [3.05, 3.63) is 46.2 Å². The van der Waals surface area contributed by atoms with Gasteiger partial charge in [0.05, 0.1) is 0 Å². The van der Waals surface area contributed by atoms with Crippen molar-refractivity contribution in [2.75, 3.05) is 23.3 Å². The van der Waals surface area contributed by atoms with Crippen LogP contribution in [0.25, 0.3) is 0 Å². The first kappa shape index (κ1) is 17.7. The molecule has 3 rings (SSSR count). The molecule has 2 aromatic rings. The number of nitrogens with zero attached hydrogens (tertiary/aromatic N) is 3. The van der Waals surface area contributed by atoms with Gasteiger partial charge in [0.2, 0.25) is 5.95 Å². The Hall–Kier alpha value is -2.15. The van der Waals surface area contributed by atoms with E-state index in [2.05, 4.69) is 41.4 Å². The fourth-order valence-electron chi connectivity index (χ4n) is 2.96. The van der Waals surface area contributed by atoms with Gasteiger partial charge in [0.25, 0.3) is 0 Å². The average molecular weight is 404 g/mol. The van der Waals surface area contributed by atoms with Gasteiger partial charge >= 0.3 is 6.03 Å². The van der Waals surface area contributed by atoms with E-state index in [0.717, 1.165) is 53.4 Å². The summed E-state index contributed by atoms with van der Waals surface area (Å²) in [7, 11) is 0. The zero-order chi connectivity index (χ0) is 17.8. The van der Waals surface area contributed by atoms with Crippen LogP contribution in [0, 0.1) is 13.8 Å². The van der Waals surface area contributed by atoms with Crippen LogP contribution in [0.1, 0.15) is 24.2 Å². The van der Waals surface area contributed by atoms with Crippen molar-refractivity contribution >= 4 is 33.6 Å². The summed E-state index contributed by atoms with van der Waals surface area (Å²) >= 11 is 3.38. The van der Waals surface area contributed by atoms with E-state index >= 15 is 0 Å². The van der Waals surface area contributed by atoms with E-state index in [1.165, 1.54) is 0 Å². The molecule has 1 aliphatic rings. The number of piperidine rings is 1. The molecule has 2 amide bonds. The molecule has 0 saturated carbocycles. The standard InChI is InChI=1S/C18H22BrN5O/c1-12-11-13(2)21-17(20-12)24-9-7-16(8-10-24)23-18(25)22-15-5-3-14(19)4-6-15/h3-6,11,16H,7-10H2,1-2H3,(H2,22,23,25). The number of carbonyl (C=O) groups is 1. The molecule has 25 heavy (non-hydrogen) atoms. The summed E-state index contributed by atoms with van der Waals surface area (Å²) in [6, 6.07) is 9.51. The number of anilines is 2. The van der Waals surface area contributed by atoms with Crippen LogP contribution in [0.4, 0.5) is 16.4 Å². The van der Waals surface area contributed by atoms with Crippen LogP contribution in [-0.4, -0.2) is 35.1 Å². The van der Waals surface area contributed by atoms with Gasteiger partial charge in [-0.1, -0.05) is 15.9 Å². The maximum atomic E-state index is 12.1. The third kappa shape index (κ3) is 4.92. The van der Waals surface area contributed by atoms with Crippen LogP contribution in [0.3, 0.4) is 0 Å². The second kappa shape index (κ2) is 7.82. The number of halogens is 1. The highest BCUT2D eigenvalue weighted by atomic mass is 79.9. The van der Waals surface area contributed by atoms with Crippen LogP contribution in [0.5, 0.6) is 0 Å². The molecule has 0 atom stereocenters. The second-order valence-corrected chi connectivity index (χ2v) is 7.23. The number of benzene rings is 1.